The summed E-state index contributed by atoms with van der Waals surface area (Å²) < 4.78 is 3.31. The molecule has 0 bridgehead atoms. The van der Waals surface area contributed by atoms with E-state index in [0.29, 0.717) is 58.9 Å². The van der Waals surface area contributed by atoms with E-state index >= 15 is 0 Å². The molecule has 6 nitrogen and oxygen atoms in total. The van der Waals surface area contributed by atoms with Crippen LogP contribution in [0.3, 0.4) is 0 Å². The lowest BCUT2D eigenvalue weighted by Crippen LogP contribution is -2.14. The van der Waals surface area contributed by atoms with E-state index in [1.54, 1.807) is 20.9 Å². The molecule has 0 amide bonds. The predicted octanol–water partition coefficient (Wildman–Crippen LogP) is 9.51. The lowest BCUT2D eigenvalue weighted by Gasteiger charge is -2.22. The zero-order chi connectivity index (χ0) is 30.9. The first-order chi connectivity index (χ1) is 22.3. The Labute approximate surface area is 271 Å². The minimum atomic E-state index is -0.207. The van der Waals surface area contributed by atoms with Gasteiger partial charge in [0.25, 0.3) is 11.1 Å². The molecule has 0 fully saturated rings. The van der Waals surface area contributed by atoms with Gasteiger partial charge in [-0.1, -0.05) is 59.1 Å². The van der Waals surface area contributed by atoms with Crippen LogP contribution in [0.5, 0.6) is 0 Å². The smallest absolute Gasteiger partial charge is 0.264 e. The van der Waals surface area contributed by atoms with Gasteiger partial charge in [-0.15, -0.1) is 0 Å². The van der Waals surface area contributed by atoms with E-state index in [4.69, 9.17) is 44.8 Å². The second-order valence-electron chi connectivity index (χ2n) is 12.1. The minimum absolute atomic E-state index is 0.197. The molecule has 0 saturated carbocycles. The summed E-state index contributed by atoms with van der Waals surface area (Å²) >= 11 is 21.7. The Balaban J connectivity index is 1.48. The summed E-state index contributed by atoms with van der Waals surface area (Å²) in [4.78, 5) is 38.3. The van der Waals surface area contributed by atoms with Gasteiger partial charge in [0.15, 0.2) is 0 Å². The van der Waals surface area contributed by atoms with Crippen LogP contribution in [0.2, 0.25) is 15.1 Å². The number of rotatable bonds is 0. The largest absolute Gasteiger partial charge is 0.268 e. The summed E-state index contributed by atoms with van der Waals surface area (Å²) in [5.74, 6) is 0. The SMILES string of the molecule is Cc1cc2c3c(cc(Cl)c4c5c(Cl)cc6c7c(cc(Cl)c(c1c43)c57)c(=O)n1c3ccccc3nc61)c(=O)n1c3ccccc3nc21. The van der Waals surface area contributed by atoms with Crippen molar-refractivity contribution < 1.29 is 0 Å². The number of nitrogens with zero attached hydrogens (tertiary/aromatic N) is 4. The zero-order valence-corrected chi connectivity index (χ0v) is 25.9. The summed E-state index contributed by atoms with van der Waals surface area (Å²) in [5, 5.41) is 9.87. The van der Waals surface area contributed by atoms with Crippen LogP contribution < -0.4 is 11.1 Å². The molecule has 11 aromatic rings. The molecule has 0 atom stereocenters. The van der Waals surface area contributed by atoms with E-state index in [-0.39, 0.29) is 11.1 Å². The highest BCUT2D eigenvalue weighted by molar-refractivity contribution is 6.54. The first-order valence-electron chi connectivity index (χ1n) is 14.7. The van der Waals surface area contributed by atoms with Gasteiger partial charge in [0.05, 0.1) is 32.8 Å². The average Bonchev–Trinajstić information content (AvgIpc) is 3.64. The predicted molar refractivity (Wildman–Crippen MR) is 190 cm³/mol. The fourth-order valence-corrected chi connectivity index (χ4v) is 9.01. The highest BCUT2D eigenvalue weighted by Crippen LogP contribution is 2.52. The summed E-state index contributed by atoms with van der Waals surface area (Å²) in [5.41, 5.74) is 4.54. The van der Waals surface area contributed by atoms with Crippen molar-refractivity contribution in [3.8, 4) is 0 Å². The Hall–Kier alpha value is -5.01. The minimum Gasteiger partial charge on any atom is -0.268 e. The summed E-state index contributed by atoms with van der Waals surface area (Å²) in [6, 6.07) is 22.6. The molecule has 0 spiro atoms. The Morgan fingerprint density at radius 2 is 0.913 bits per heavy atom. The number of hydrogen-bond donors (Lipinski definition) is 0. The maximum atomic E-state index is 14.2. The second kappa shape index (κ2) is 8.03. The van der Waals surface area contributed by atoms with Crippen molar-refractivity contribution in [2.45, 2.75) is 6.92 Å². The van der Waals surface area contributed by atoms with Crippen molar-refractivity contribution in [2.24, 2.45) is 0 Å². The highest BCUT2D eigenvalue weighted by atomic mass is 35.5. The van der Waals surface area contributed by atoms with Gasteiger partial charge in [-0.3, -0.25) is 18.4 Å². The van der Waals surface area contributed by atoms with Gasteiger partial charge in [-0.2, -0.15) is 0 Å². The Bertz CT molecular complexity index is 3100. The first kappa shape index (κ1) is 25.2. The summed E-state index contributed by atoms with van der Waals surface area (Å²) in [6.45, 7) is 2.03. The number of aryl methyl sites for hydroxylation is 1. The van der Waals surface area contributed by atoms with Gasteiger partial charge < -0.3 is 0 Å². The molecule has 0 aliphatic rings. The molecular formula is C37H15Cl3N4O2. The number of aromatic nitrogens is 4. The molecule has 4 heterocycles. The Morgan fingerprint density at radius 3 is 1.43 bits per heavy atom. The van der Waals surface area contributed by atoms with Crippen LogP contribution in [0.4, 0.5) is 0 Å². The molecule has 9 heteroatoms. The molecule has 7 aromatic carbocycles. The quantitative estimate of drug-likeness (QED) is 0.121. The Kier molecular flexibility index (Phi) is 4.40. The molecule has 216 valence electrons. The molecule has 46 heavy (non-hydrogen) atoms. The second-order valence-corrected chi connectivity index (χ2v) is 13.3. The van der Waals surface area contributed by atoms with Crippen LogP contribution in [0, 0.1) is 6.92 Å². The van der Waals surface area contributed by atoms with Crippen molar-refractivity contribution in [3.05, 3.63) is 114 Å². The normalized spacial score (nSPS) is 13.0. The van der Waals surface area contributed by atoms with Gasteiger partial charge in [-0.05, 0) is 66.4 Å². The number of fused-ring (bicyclic) bond motifs is 10. The van der Waals surface area contributed by atoms with Crippen molar-refractivity contribution >= 4 is 133 Å². The molecule has 4 aromatic heterocycles. The van der Waals surface area contributed by atoms with Crippen LogP contribution in [-0.4, -0.2) is 18.8 Å². The van der Waals surface area contributed by atoms with Gasteiger partial charge in [0.1, 0.15) is 11.3 Å². The van der Waals surface area contributed by atoms with Crippen molar-refractivity contribution in [1.82, 2.24) is 18.8 Å². The zero-order valence-electron chi connectivity index (χ0n) is 23.7. The molecule has 0 unspecified atom stereocenters. The van der Waals surface area contributed by atoms with Crippen molar-refractivity contribution in [1.29, 1.82) is 0 Å². The average molecular weight is 654 g/mol. The third-order valence-corrected chi connectivity index (χ3v) is 10.7. The fraction of sp³-hybridized carbons (Fsp3) is 0.0270. The van der Waals surface area contributed by atoms with Crippen LogP contribution in [0.25, 0.3) is 98.0 Å². The molecule has 11 rings (SSSR count). The van der Waals surface area contributed by atoms with Gasteiger partial charge >= 0.3 is 0 Å². The van der Waals surface area contributed by atoms with Crippen molar-refractivity contribution in [3.63, 3.8) is 0 Å². The van der Waals surface area contributed by atoms with E-state index in [1.165, 1.54) is 0 Å². The lowest BCUT2D eigenvalue weighted by atomic mass is 9.84. The number of imidazole rings is 2. The van der Waals surface area contributed by atoms with E-state index in [2.05, 4.69) is 6.07 Å². The first-order valence-corrected chi connectivity index (χ1v) is 15.8. The number of benzene rings is 7. The third-order valence-electron chi connectivity index (χ3n) is 9.83. The number of pyridine rings is 2. The van der Waals surface area contributed by atoms with Crippen LogP contribution in [-0.2, 0) is 0 Å². The van der Waals surface area contributed by atoms with Crippen LogP contribution >= 0.6 is 34.8 Å². The molecule has 0 radical (unpaired) electrons. The topological polar surface area (TPSA) is 68.7 Å². The summed E-state index contributed by atoms with van der Waals surface area (Å²) in [7, 11) is 0. The number of halogens is 3. The lowest BCUT2D eigenvalue weighted by molar-refractivity contribution is 1.19. The van der Waals surface area contributed by atoms with Crippen molar-refractivity contribution in [2.75, 3.05) is 0 Å². The third kappa shape index (κ3) is 2.68. The van der Waals surface area contributed by atoms with E-state index in [0.717, 1.165) is 59.7 Å². The van der Waals surface area contributed by atoms with Crippen LogP contribution in [0.15, 0.2) is 82.4 Å². The van der Waals surface area contributed by atoms with Gasteiger partial charge in [0, 0.05) is 63.5 Å². The van der Waals surface area contributed by atoms with Crippen LogP contribution in [0.1, 0.15) is 5.56 Å². The van der Waals surface area contributed by atoms with E-state index < -0.39 is 0 Å². The molecule has 0 N–H and O–H groups in total. The summed E-state index contributed by atoms with van der Waals surface area (Å²) in [6.07, 6.45) is 0. The molecule has 0 aliphatic heterocycles. The van der Waals surface area contributed by atoms with E-state index in [9.17, 15) is 9.59 Å². The number of hydrogen-bond acceptors (Lipinski definition) is 4. The molecule has 0 aliphatic carbocycles. The highest BCUT2D eigenvalue weighted by Gasteiger charge is 2.28. The molecular weight excluding hydrogens is 639 g/mol. The monoisotopic (exact) mass is 652 g/mol. The molecule has 0 saturated heterocycles. The fourth-order valence-electron chi connectivity index (χ4n) is 8.12. The maximum absolute atomic E-state index is 14.2. The van der Waals surface area contributed by atoms with Gasteiger partial charge in [0.2, 0.25) is 0 Å². The standard InChI is InChI=1S/C37H15Cl3N4O2/c1-14-10-15-27-17(36(45)43-24-8-4-2-6-22(24)41-34(15)43)13-21(40)30-31-19(38)11-16-28-18(12-20(39)29(33(28)31)26(14)32(27)30)37(46)44-25-9-5-3-7-23(25)42-35(16)44/h2-13H,1H3. The van der Waals surface area contributed by atoms with Gasteiger partial charge in [-0.25, -0.2) is 9.97 Å². The maximum Gasteiger partial charge on any atom is 0.264 e. The Morgan fingerprint density at radius 1 is 0.500 bits per heavy atom. The van der Waals surface area contributed by atoms with E-state index in [1.807, 2.05) is 61.5 Å². The number of para-hydroxylation sites is 4.